The molecule has 2 atom stereocenters. The van der Waals surface area contributed by atoms with Gasteiger partial charge in [-0.25, -0.2) is 4.39 Å². The molecule has 0 aliphatic carbocycles. The predicted molar refractivity (Wildman–Crippen MR) is 77.6 cm³/mol. The summed E-state index contributed by atoms with van der Waals surface area (Å²) in [7, 11) is 0. The van der Waals surface area contributed by atoms with Gasteiger partial charge < -0.3 is 5.73 Å². The van der Waals surface area contributed by atoms with Gasteiger partial charge in [-0.3, -0.25) is 4.90 Å². The molecule has 1 aliphatic heterocycles. The second kappa shape index (κ2) is 7.01. The topological polar surface area (TPSA) is 29.3 Å². The smallest absolute Gasteiger partial charge is 0.126 e. The van der Waals surface area contributed by atoms with Gasteiger partial charge in [0, 0.05) is 12.1 Å². The molecule has 2 rings (SSSR count). The predicted octanol–water partition coefficient (Wildman–Crippen LogP) is 2.96. The number of hydrogen-bond donors (Lipinski definition) is 1. The van der Waals surface area contributed by atoms with Gasteiger partial charge in [-0.05, 0) is 57.3 Å². The van der Waals surface area contributed by atoms with Gasteiger partial charge in [0.05, 0.1) is 0 Å². The molecule has 3 heteroatoms. The lowest BCUT2D eigenvalue weighted by molar-refractivity contribution is 0.0978. The number of benzene rings is 1. The molecule has 2 unspecified atom stereocenters. The van der Waals surface area contributed by atoms with Crippen LogP contribution in [0.2, 0.25) is 0 Å². The highest BCUT2D eigenvalue weighted by atomic mass is 19.1. The normalized spacial score (nSPS) is 22.4. The van der Waals surface area contributed by atoms with E-state index >= 15 is 0 Å². The molecule has 2 nitrogen and oxygen atoms in total. The van der Waals surface area contributed by atoms with Crippen LogP contribution in [0.15, 0.2) is 24.3 Å². The van der Waals surface area contributed by atoms with E-state index in [0.717, 1.165) is 31.5 Å². The summed E-state index contributed by atoms with van der Waals surface area (Å²) in [6.45, 7) is 4.08. The standard InChI is InChI=1S/C16H25FN2/c1-13(12-14-6-2-3-8-16(14)17)19-11-5-4-7-15(19)9-10-18/h2-3,6,8,13,15H,4-5,7,9-12,18H2,1H3. The molecule has 19 heavy (non-hydrogen) atoms. The molecule has 106 valence electrons. The summed E-state index contributed by atoms with van der Waals surface area (Å²) in [6, 6.07) is 8.08. The van der Waals surface area contributed by atoms with Gasteiger partial charge >= 0.3 is 0 Å². The van der Waals surface area contributed by atoms with Gasteiger partial charge in [-0.2, -0.15) is 0 Å². The van der Waals surface area contributed by atoms with Gasteiger partial charge in [0.15, 0.2) is 0 Å². The zero-order valence-corrected chi connectivity index (χ0v) is 11.8. The second-order valence-corrected chi connectivity index (χ2v) is 5.61. The van der Waals surface area contributed by atoms with E-state index in [2.05, 4.69) is 11.8 Å². The first kappa shape index (κ1) is 14.5. The Hall–Kier alpha value is -0.930. The molecule has 0 radical (unpaired) electrons. The number of halogens is 1. The fourth-order valence-corrected chi connectivity index (χ4v) is 3.21. The van der Waals surface area contributed by atoms with Crippen LogP contribution in [0.5, 0.6) is 0 Å². The number of piperidine rings is 1. The average molecular weight is 264 g/mol. The van der Waals surface area contributed by atoms with Gasteiger partial charge in [-0.1, -0.05) is 24.6 Å². The van der Waals surface area contributed by atoms with Crippen molar-refractivity contribution < 1.29 is 4.39 Å². The van der Waals surface area contributed by atoms with Crippen LogP contribution < -0.4 is 5.73 Å². The first-order valence-corrected chi connectivity index (χ1v) is 7.41. The molecule has 2 N–H and O–H groups in total. The molecule has 1 aromatic carbocycles. The average Bonchev–Trinajstić information content (AvgIpc) is 2.42. The van der Waals surface area contributed by atoms with Crippen molar-refractivity contribution in [2.45, 2.75) is 51.1 Å². The minimum atomic E-state index is -0.0817. The van der Waals surface area contributed by atoms with E-state index < -0.39 is 0 Å². The highest BCUT2D eigenvalue weighted by Gasteiger charge is 2.26. The summed E-state index contributed by atoms with van der Waals surface area (Å²) in [6.07, 6.45) is 5.63. The molecule has 1 saturated heterocycles. The van der Waals surface area contributed by atoms with Crippen LogP contribution in [0.1, 0.15) is 38.2 Å². The molecule has 0 saturated carbocycles. The van der Waals surface area contributed by atoms with Gasteiger partial charge in [0.25, 0.3) is 0 Å². The van der Waals surface area contributed by atoms with Gasteiger partial charge in [-0.15, -0.1) is 0 Å². The van der Waals surface area contributed by atoms with Crippen molar-refractivity contribution in [1.29, 1.82) is 0 Å². The van der Waals surface area contributed by atoms with Crippen LogP contribution in [0, 0.1) is 5.82 Å². The van der Waals surface area contributed by atoms with Crippen molar-refractivity contribution in [2.75, 3.05) is 13.1 Å². The minimum Gasteiger partial charge on any atom is -0.330 e. The Bertz CT molecular complexity index is 392. The summed E-state index contributed by atoms with van der Waals surface area (Å²) < 4.78 is 13.7. The van der Waals surface area contributed by atoms with Gasteiger partial charge in [0.1, 0.15) is 5.82 Å². The lowest BCUT2D eigenvalue weighted by atomic mass is 9.95. The summed E-state index contributed by atoms with van der Waals surface area (Å²) in [5.74, 6) is -0.0817. The maximum absolute atomic E-state index is 13.7. The SMILES string of the molecule is CC(Cc1ccccc1F)N1CCCCC1CCN. The molecule has 0 aromatic heterocycles. The Morgan fingerprint density at radius 1 is 1.37 bits per heavy atom. The number of nitrogens with two attached hydrogens (primary N) is 1. The molecule has 1 aromatic rings. The molecule has 1 fully saturated rings. The minimum absolute atomic E-state index is 0.0817. The molecule has 0 spiro atoms. The summed E-state index contributed by atoms with van der Waals surface area (Å²) in [5.41, 5.74) is 6.54. The molecule has 0 amide bonds. The Balaban J connectivity index is 2.01. The zero-order valence-electron chi connectivity index (χ0n) is 11.8. The molecule has 1 heterocycles. The molecular weight excluding hydrogens is 239 g/mol. The maximum Gasteiger partial charge on any atom is 0.126 e. The Kier molecular flexibility index (Phi) is 5.34. The van der Waals surface area contributed by atoms with Crippen LogP contribution >= 0.6 is 0 Å². The third-order valence-electron chi connectivity index (χ3n) is 4.21. The maximum atomic E-state index is 13.7. The van der Waals surface area contributed by atoms with E-state index in [9.17, 15) is 4.39 Å². The third-order valence-corrected chi connectivity index (χ3v) is 4.21. The van der Waals surface area contributed by atoms with Crippen LogP contribution in [0.25, 0.3) is 0 Å². The van der Waals surface area contributed by atoms with Crippen LogP contribution in [-0.4, -0.2) is 30.1 Å². The van der Waals surface area contributed by atoms with Gasteiger partial charge in [0.2, 0.25) is 0 Å². The van der Waals surface area contributed by atoms with Crippen molar-refractivity contribution in [3.8, 4) is 0 Å². The fourth-order valence-electron chi connectivity index (χ4n) is 3.21. The van der Waals surface area contributed by atoms with Crippen molar-refractivity contribution in [3.05, 3.63) is 35.6 Å². The van der Waals surface area contributed by atoms with Crippen molar-refractivity contribution >= 4 is 0 Å². The van der Waals surface area contributed by atoms with Crippen molar-refractivity contribution in [2.24, 2.45) is 5.73 Å². The monoisotopic (exact) mass is 264 g/mol. The largest absolute Gasteiger partial charge is 0.330 e. The van der Waals surface area contributed by atoms with Crippen molar-refractivity contribution in [1.82, 2.24) is 4.90 Å². The van der Waals surface area contributed by atoms with Crippen LogP contribution in [0.4, 0.5) is 4.39 Å². The molecular formula is C16H25FN2. The number of rotatable bonds is 5. The van der Waals surface area contributed by atoms with Crippen LogP contribution in [0.3, 0.4) is 0 Å². The summed E-state index contributed by atoms with van der Waals surface area (Å²) >= 11 is 0. The lowest BCUT2D eigenvalue weighted by Gasteiger charge is -2.40. The van der Waals surface area contributed by atoms with E-state index in [1.165, 1.54) is 19.3 Å². The Morgan fingerprint density at radius 2 is 2.16 bits per heavy atom. The van der Waals surface area contributed by atoms with E-state index in [1.807, 2.05) is 12.1 Å². The summed E-state index contributed by atoms with van der Waals surface area (Å²) in [4.78, 5) is 2.53. The first-order chi connectivity index (χ1) is 9.22. The quantitative estimate of drug-likeness (QED) is 0.886. The first-order valence-electron chi connectivity index (χ1n) is 7.41. The Labute approximate surface area is 115 Å². The molecule has 1 aliphatic rings. The number of hydrogen-bond acceptors (Lipinski definition) is 2. The van der Waals surface area contributed by atoms with E-state index in [1.54, 1.807) is 12.1 Å². The van der Waals surface area contributed by atoms with E-state index in [4.69, 9.17) is 5.73 Å². The zero-order chi connectivity index (χ0) is 13.7. The number of nitrogens with zero attached hydrogens (tertiary/aromatic N) is 1. The van der Waals surface area contributed by atoms with E-state index in [0.29, 0.717) is 12.1 Å². The Morgan fingerprint density at radius 3 is 2.89 bits per heavy atom. The highest BCUT2D eigenvalue weighted by Crippen LogP contribution is 2.23. The highest BCUT2D eigenvalue weighted by molar-refractivity contribution is 5.18. The second-order valence-electron chi connectivity index (χ2n) is 5.61. The van der Waals surface area contributed by atoms with Crippen LogP contribution in [-0.2, 0) is 6.42 Å². The van der Waals surface area contributed by atoms with Crippen molar-refractivity contribution in [3.63, 3.8) is 0 Å². The fraction of sp³-hybridized carbons (Fsp3) is 0.625. The van der Waals surface area contributed by atoms with E-state index in [-0.39, 0.29) is 5.82 Å². The summed E-state index contributed by atoms with van der Waals surface area (Å²) in [5, 5.41) is 0. The lowest BCUT2D eigenvalue weighted by Crippen LogP contribution is -2.46. The number of likely N-dealkylation sites (tertiary alicyclic amines) is 1. The molecule has 0 bridgehead atoms. The third kappa shape index (κ3) is 3.77.